The van der Waals surface area contributed by atoms with E-state index in [0.29, 0.717) is 10.0 Å². The van der Waals surface area contributed by atoms with Crippen molar-refractivity contribution in [2.75, 3.05) is 14.1 Å². The Morgan fingerprint density at radius 3 is 2.53 bits per heavy atom. The number of nitrogens with zero attached hydrogens (tertiary/aromatic N) is 1. The first-order valence-electron chi connectivity index (χ1n) is 5.04. The summed E-state index contributed by atoms with van der Waals surface area (Å²) >= 11 is 3.30. The molecule has 0 aromatic heterocycles. The summed E-state index contributed by atoms with van der Waals surface area (Å²) in [5.41, 5.74) is 6.03. The SMILES string of the molecule is CN(C)/C=C(/C(=O)c1ccccc1Br)[C@H](N)O. The topological polar surface area (TPSA) is 66.6 Å². The van der Waals surface area contributed by atoms with Crippen molar-refractivity contribution >= 4 is 21.7 Å². The van der Waals surface area contributed by atoms with Crippen molar-refractivity contribution in [3.8, 4) is 0 Å². The van der Waals surface area contributed by atoms with Crippen LogP contribution in [0.4, 0.5) is 0 Å². The minimum Gasteiger partial charge on any atom is -0.383 e. The molecule has 0 heterocycles. The Morgan fingerprint density at radius 2 is 2.06 bits per heavy atom. The van der Waals surface area contributed by atoms with E-state index in [1.54, 1.807) is 37.2 Å². The molecule has 0 saturated heterocycles. The molecule has 0 aliphatic carbocycles. The number of Topliss-reactive ketones (excluding diaryl/α,β-unsaturated/α-hetero) is 1. The fraction of sp³-hybridized carbons (Fsp3) is 0.250. The van der Waals surface area contributed by atoms with Crippen molar-refractivity contribution in [1.82, 2.24) is 4.90 Å². The van der Waals surface area contributed by atoms with Gasteiger partial charge in [0.15, 0.2) is 5.78 Å². The Kier molecular flexibility index (Phi) is 4.86. The highest BCUT2D eigenvalue weighted by atomic mass is 79.9. The van der Waals surface area contributed by atoms with Gasteiger partial charge in [0, 0.05) is 30.3 Å². The van der Waals surface area contributed by atoms with Gasteiger partial charge in [0.2, 0.25) is 0 Å². The maximum atomic E-state index is 12.2. The van der Waals surface area contributed by atoms with Gasteiger partial charge < -0.3 is 15.7 Å². The molecule has 0 fully saturated rings. The van der Waals surface area contributed by atoms with Gasteiger partial charge in [0.1, 0.15) is 6.23 Å². The van der Waals surface area contributed by atoms with E-state index in [1.165, 1.54) is 6.20 Å². The van der Waals surface area contributed by atoms with Crippen molar-refractivity contribution in [2.45, 2.75) is 6.23 Å². The second kappa shape index (κ2) is 5.95. The Labute approximate surface area is 109 Å². The van der Waals surface area contributed by atoms with E-state index in [-0.39, 0.29) is 11.4 Å². The molecule has 0 unspecified atom stereocenters. The molecule has 17 heavy (non-hydrogen) atoms. The number of carbonyl (C=O) groups excluding carboxylic acids is 1. The van der Waals surface area contributed by atoms with Crippen LogP contribution in [-0.2, 0) is 0 Å². The molecular weight excluding hydrogens is 284 g/mol. The quantitative estimate of drug-likeness (QED) is 0.500. The molecule has 92 valence electrons. The van der Waals surface area contributed by atoms with Crippen molar-refractivity contribution in [3.63, 3.8) is 0 Å². The lowest BCUT2D eigenvalue weighted by Gasteiger charge is -2.14. The molecule has 0 aliphatic heterocycles. The standard InChI is InChI=1S/C12H15BrN2O2/c1-15(2)7-9(12(14)17)11(16)8-5-3-4-6-10(8)13/h3-7,12,17H,14H2,1-2H3/b9-7-/t12-/m1/s1. The fourth-order valence-electron chi connectivity index (χ4n) is 1.35. The third kappa shape index (κ3) is 3.66. The molecule has 0 radical (unpaired) electrons. The van der Waals surface area contributed by atoms with E-state index < -0.39 is 6.23 Å². The normalized spacial score (nSPS) is 13.4. The maximum absolute atomic E-state index is 12.2. The Bertz CT molecular complexity index is 442. The van der Waals surface area contributed by atoms with Crippen LogP contribution in [0.25, 0.3) is 0 Å². The van der Waals surface area contributed by atoms with Crippen LogP contribution in [-0.4, -0.2) is 36.1 Å². The number of hydrogen-bond acceptors (Lipinski definition) is 4. The lowest BCUT2D eigenvalue weighted by molar-refractivity contribution is 0.0986. The third-order valence-corrected chi connectivity index (χ3v) is 2.79. The molecule has 1 aromatic rings. The highest BCUT2D eigenvalue weighted by Crippen LogP contribution is 2.20. The summed E-state index contributed by atoms with van der Waals surface area (Å²) < 4.78 is 0.676. The summed E-state index contributed by atoms with van der Waals surface area (Å²) in [5, 5.41) is 9.43. The highest BCUT2D eigenvalue weighted by molar-refractivity contribution is 9.10. The van der Waals surface area contributed by atoms with Crippen molar-refractivity contribution in [1.29, 1.82) is 0 Å². The predicted molar refractivity (Wildman–Crippen MR) is 70.4 cm³/mol. The smallest absolute Gasteiger partial charge is 0.195 e. The second-order valence-electron chi connectivity index (χ2n) is 3.80. The van der Waals surface area contributed by atoms with Gasteiger partial charge >= 0.3 is 0 Å². The Hall–Kier alpha value is -1.17. The average Bonchev–Trinajstić information content (AvgIpc) is 2.25. The number of nitrogens with two attached hydrogens (primary N) is 1. The predicted octanol–water partition coefficient (Wildman–Crippen LogP) is 1.35. The van der Waals surface area contributed by atoms with Crippen LogP contribution < -0.4 is 5.73 Å². The molecule has 1 atom stereocenters. The summed E-state index contributed by atoms with van der Waals surface area (Å²) in [6.45, 7) is 0. The van der Waals surface area contributed by atoms with Crippen molar-refractivity contribution in [3.05, 3.63) is 46.1 Å². The van der Waals surface area contributed by atoms with E-state index in [0.717, 1.165) is 0 Å². The van der Waals surface area contributed by atoms with Gasteiger partial charge in [-0.25, -0.2) is 0 Å². The van der Waals surface area contributed by atoms with E-state index in [2.05, 4.69) is 15.9 Å². The largest absolute Gasteiger partial charge is 0.383 e. The number of rotatable bonds is 4. The van der Waals surface area contributed by atoms with Gasteiger partial charge in [-0.1, -0.05) is 28.1 Å². The molecule has 3 N–H and O–H groups in total. The zero-order valence-corrected chi connectivity index (χ0v) is 11.3. The van der Waals surface area contributed by atoms with Gasteiger partial charge in [-0.3, -0.25) is 4.79 Å². The molecule has 0 spiro atoms. The number of ketones is 1. The summed E-state index contributed by atoms with van der Waals surface area (Å²) in [6, 6.07) is 7.02. The van der Waals surface area contributed by atoms with Gasteiger partial charge in [-0.05, 0) is 12.1 Å². The fourth-order valence-corrected chi connectivity index (χ4v) is 1.81. The Balaban J connectivity index is 3.14. The molecule has 0 saturated carbocycles. The van der Waals surface area contributed by atoms with Crippen LogP contribution in [0.15, 0.2) is 40.5 Å². The van der Waals surface area contributed by atoms with Gasteiger partial charge in [0.05, 0.1) is 5.57 Å². The maximum Gasteiger partial charge on any atom is 0.195 e. The molecule has 1 aromatic carbocycles. The van der Waals surface area contributed by atoms with E-state index >= 15 is 0 Å². The van der Waals surface area contributed by atoms with Crippen molar-refractivity contribution in [2.24, 2.45) is 5.73 Å². The molecule has 1 rings (SSSR count). The number of benzene rings is 1. The number of hydrogen-bond donors (Lipinski definition) is 2. The lowest BCUT2D eigenvalue weighted by atomic mass is 10.0. The van der Waals surface area contributed by atoms with Crippen LogP contribution in [0.3, 0.4) is 0 Å². The molecule has 5 heteroatoms. The van der Waals surface area contributed by atoms with Crippen LogP contribution in [0.2, 0.25) is 0 Å². The van der Waals surface area contributed by atoms with Crippen LogP contribution >= 0.6 is 15.9 Å². The zero-order chi connectivity index (χ0) is 13.0. The van der Waals surface area contributed by atoms with Gasteiger partial charge in [-0.2, -0.15) is 0 Å². The number of aliphatic hydroxyl groups excluding tert-OH is 1. The minimum atomic E-state index is -1.29. The monoisotopic (exact) mass is 298 g/mol. The summed E-state index contributed by atoms with van der Waals surface area (Å²) in [5.74, 6) is -0.291. The Morgan fingerprint density at radius 1 is 1.47 bits per heavy atom. The number of aliphatic hydroxyl groups is 1. The first kappa shape index (κ1) is 13.9. The first-order valence-corrected chi connectivity index (χ1v) is 5.83. The molecule has 0 amide bonds. The van der Waals surface area contributed by atoms with Crippen LogP contribution in [0.1, 0.15) is 10.4 Å². The average molecular weight is 299 g/mol. The van der Waals surface area contributed by atoms with E-state index in [1.807, 2.05) is 6.07 Å². The molecular formula is C12H15BrN2O2. The lowest BCUT2D eigenvalue weighted by Crippen LogP contribution is -2.28. The third-order valence-electron chi connectivity index (χ3n) is 2.10. The van der Waals surface area contributed by atoms with E-state index in [4.69, 9.17) is 5.73 Å². The molecule has 0 aliphatic rings. The highest BCUT2D eigenvalue weighted by Gasteiger charge is 2.19. The van der Waals surface area contributed by atoms with Crippen LogP contribution in [0.5, 0.6) is 0 Å². The first-order chi connectivity index (χ1) is 7.93. The van der Waals surface area contributed by atoms with Crippen LogP contribution in [0, 0.1) is 0 Å². The minimum absolute atomic E-state index is 0.155. The van der Waals surface area contributed by atoms with Gasteiger partial charge in [0.25, 0.3) is 0 Å². The number of halogens is 1. The molecule has 4 nitrogen and oxygen atoms in total. The summed E-state index contributed by atoms with van der Waals surface area (Å²) in [7, 11) is 3.52. The molecule has 0 bridgehead atoms. The zero-order valence-electron chi connectivity index (χ0n) is 9.72. The summed E-state index contributed by atoms with van der Waals surface area (Å²) in [6.07, 6.45) is 0.226. The van der Waals surface area contributed by atoms with E-state index in [9.17, 15) is 9.90 Å². The van der Waals surface area contributed by atoms with Crippen molar-refractivity contribution < 1.29 is 9.90 Å². The van der Waals surface area contributed by atoms with Gasteiger partial charge in [-0.15, -0.1) is 0 Å². The second-order valence-corrected chi connectivity index (χ2v) is 4.66. The number of carbonyl (C=O) groups is 1. The summed E-state index contributed by atoms with van der Waals surface area (Å²) in [4.78, 5) is 13.8.